The van der Waals surface area contributed by atoms with Crippen LogP contribution in [0.1, 0.15) is 30.0 Å². The second-order valence-electron chi connectivity index (χ2n) is 4.83. The molecule has 18 heavy (non-hydrogen) atoms. The Morgan fingerprint density at radius 3 is 2.17 bits per heavy atom. The maximum absolute atomic E-state index is 11.8. The van der Waals surface area contributed by atoms with Gasteiger partial charge >= 0.3 is 0 Å². The number of nitrogens with one attached hydrogen (secondary N) is 1. The zero-order valence-electron chi connectivity index (χ0n) is 11.3. The summed E-state index contributed by atoms with van der Waals surface area (Å²) in [5.41, 5.74) is 9.16. The van der Waals surface area contributed by atoms with Crippen LogP contribution in [0.5, 0.6) is 0 Å². The van der Waals surface area contributed by atoms with Crippen LogP contribution in [0.3, 0.4) is 0 Å². The number of benzene rings is 1. The maximum Gasteiger partial charge on any atom is 0.225 e. The lowest BCUT2D eigenvalue weighted by Gasteiger charge is -2.14. The lowest BCUT2D eigenvalue weighted by atomic mass is 10.0. The highest BCUT2D eigenvalue weighted by molar-refractivity contribution is 5.95. The van der Waals surface area contributed by atoms with Gasteiger partial charge in [-0.15, -0.1) is 0 Å². The van der Waals surface area contributed by atoms with E-state index in [0.29, 0.717) is 0 Å². The molecule has 0 saturated carbocycles. The Bertz CT molecular complexity index is 458. The van der Waals surface area contributed by atoms with Crippen molar-refractivity contribution in [1.29, 1.82) is 0 Å². The van der Waals surface area contributed by atoms with Crippen molar-refractivity contribution in [2.24, 2.45) is 11.7 Å². The van der Waals surface area contributed by atoms with Crippen LogP contribution in [0.25, 0.3) is 0 Å². The first kappa shape index (κ1) is 14.2. The Labute approximate surface area is 108 Å². The molecule has 1 aromatic rings. The number of hydrogen-bond donors (Lipinski definition) is 2. The molecule has 0 radical (unpaired) electrons. The van der Waals surface area contributed by atoms with Crippen LogP contribution in [0.15, 0.2) is 12.1 Å². The minimum absolute atomic E-state index is 0.113. The van der Waals surface area contributed by atoms with E-state index in [4.69, 9.17) is 5.73 Å². The molecule has 0 heterocycles. The molecule has 1 aromatic carbocycles. The van der Waals surface area contributed by atoms with Crippen LogP contribution in [0, 0.1) is 26.7 Å². The van der Waals surface area contributed by atoms with Gasteiger partial charge in [-0.2, -0.15) is 0 Å². The first-order chi connectivity index (χ1) is 8.31. The molecule has 0 aliphatic carbocycles. The average molecular weight is 248 g/mol. The first-order valence-corrected chi connectivity index (χ1v) is 5.98. The molecule has 4 nitrogen and oxygen atoms in total. The van der Waals surface area contributed by atoms with Gasteiger partial charge in [-0.3, -0.25) is 9.59 Å². The number of rotatable bonds is 4. The molecule has 1 unspecified atom stereocenters. The Kier molecular flexibility index (Phi) is 4.48. The fourth-order valence-corrected chi connectivity index (χ4v) is 1.95. The van der Waals surface area contributed by atoms with Crippen molar-refractivity contribution in [2.45, 2.75) is 34.1 Å². The van der Waals surface area contributed by atoms with Crippen molar-refractivity contribution < 1.29 is 9.59 Å². The molecule has 0 aliphatic rings. The number of anilines is 1. The van der Waals surface area contributed by atoms with Crippen molar-refractivity contribution in [3.05, 3.63) is 28.8 Å². The van der Waals surface area contributed by atoms with Gasteiger partial charge in [0.2, 0.25) is 11.8 Å². The highest BCUT2D eigenvalue weighted by atomic mass is 16.2. The predicted octanol–water partition coefficient (Wildman–Crippen LogP) is 2.06. The summed E-state index contributed by atoms with van der Waals surface area (Å²) in [5, 5.41) is 2.84. The number of amides is 2. The summed E-state index contributed by atoms with van der Waals surface area (Å²) in [4.78, 5) is 22.7. The first-order valence-electron chi connectivity index (χ1n) is 5.98. The van der Waals surface area contributed by atoms with Crippen molar-refractivity contribution in [3.63, 3.8) is 0 Å². The van der Waals surface area contributed by atoms with E-state index < -0.39 is 11.8 Å². The minimum Gasteiger partial charge on any atom is -0.369 e. The van der Waals surface area contributed by atoms with Crippen LogP contribution < -0.4 is 11.1 Å². The van der Waals surface area contributed by atoms with E-state index in [2.05, 4.69) is 5.32 Å². The number of primary amides is 1. The van der Waals surface area contributed by atoms with Crippen LogP contribution in [0.4, 0.5) is 5.69 Å². The van der Waals surface area contributed by atoms with E-state index in [1.165, 1.54) is 0 Å². The number of nitrogens with two attached hydrogens (primary N) is 1. The van der Waals surface area contributed by atoms with Crippen molar-refractivity contribution in [2.75, 3.05) is 5.32 Å². The fraction of sp³-hybridized carbons (Fsp3) is 0.429. The third kappa shape index (κ3) is 3.58. The summed E-state index contributed by atoms with van der Waals surface area (Å²) in [6.45, 7) is 7.57. The topological polar surface area (TPSA) is 72.2 Å². The molecule has 0 aliphatic heterocycles. The van der Waals surface area contributed by atoms with Gasteiger partial charge in [0.25, 0.3) is 0 Å². The molecule has 4 heteroatoms. The number of aryl methyl sites for hydroxylation is 3. The highest BCUT2D eigenvalue weighted by Gasteiger charge is 2.15. The van der Waals surface area contributed by atoms with Gasteiger partial charge in [0.1, 0.15) is 0 Å². The Morgan fingerprint density at radius 2 is 1.72 bits per heavy atom. The van der Waals surface area contributed by atoms with E-state index in [1.807, 2.05) is 32.9 Å². The zero-order chi connectivity index (χ0) is 13.9. The quantitative estimate of drug-likeness (QED) is 0.856. The molecule has 0 saturated heterocycles. The maximum atomic E-state index is 11.8. The largest absolute Gasteiger partial charge is 0.369 e. The predicted molar refractivity (Wildman–Crippen MR) is 72.3 cm³/mol. The summed E-state index contributed by atoms with van der Waals surface area (Å²) < 4.78 is 0. The molecular formula is C14H20N2O2. The average Bonchev–Trinajstić information content (AvgIpc) is 2.23. The van der Waals surface area contributed by atoms with Crippen LogP contribution >= 0.6 is 0 Å². The second kappa shape index (κ2) is 5.67. The van der Waals surface area contributed by atoms with E-state index in [9.17, 15) is 9.59 Å². The smallest absolute Gasteiger partial charge is 0.225 e. The summed E-state index contributed by atoms with van der Waals surface area (Å²) in [6, 6.07) is 4.03. The summed E-state index contributed by atoms with van der Waals surface area (Å²) in [7, 11) is 0. The van der Waals surface area contributed by atoms with Gasteiger partial charge in [0.05, 0.1) is 0 Å². The summed E-state index contributed by atoms with van der Waals surface area (Å²) in [6.07, 6.45) is 0.113. The zero-order valence-corrected chi connectivity index (χ0v) is 11.3. The lowest BCUT2D eigenvalue weighted by molar-refractivity contribution is -0.125. The Balaban J connectivity index is 2.80. The van der Waals surface area contributed by atoms with Crippen LogP contribution in [-0.2, 0) is 9.59 Å². The number of hydrogen-bond acceptors (Lipinski definition) is 2. The van der Waals surface area contributed by atoms with Gasteiger partial charge in [-0.1, -0.05) is 24.6 Å². The van der Waals surface area contributed by atoms with E-state index in [-0.39, 0.29) is 12.3 Å². The van der Waals surface area contributed by atoms with Gasteiger partial charge in [0, 0.05) is 18.0 Å². The number of carbonyl (C=O) groups is 2. The van der Waals surface area contributed by atoms with E-state index in [1.54, 1.807) is 6.92 Å². The molecule has 3 N–H and O–H groups in total. The SMILES string of the molecule is Cc1cc(C)c(NC(=O)CC(C)C(N)=O)c(C)c1. The lowest BCUT2D eigenvalue weighted by Crippen LogP contribution is -2.26. The van der Waals surface area contributed by atoms with Crippen LogP contribution in [0.2, 0.25) is 0 Å². The van der Waals surface area contributed by atoms with E-state index in [0.717, 1.165) is 22.4 Å². The third-order valence-electron chi connectivity index (χ3n) is 2.92. The molecule has 0 spiro atoms. The second-order valence-corrected chi connectivity index (χ2v) is 4.83. The van der Waals surface area contributed by atoms with Gasteiger partial charge < -0.3 is 11.1 Å². The molecule has 1 atom stereocenters. The molecular weight excluding hydrogens is 228 g/mol. The number of carbonyl (C=O) groups excluding carboxylic acids is 2. The van der Waals surface area contributed by atoms with Crippen molar-refractivity contribution >= 4 is 17.5 Å². The van der Waals surface area contributed by atoms with E-state index >= 15 is 0 Å². The Morgan fingerprint density at radius 1 is 1.22 bits per heavy atom. The highest BCUT2D eigenvalue weighted by Crippen LogP contribution is 2.22. The molecule has 98 valence electrons. The molecule has 0 aromatic heterocycles. The summed E-state index contributed by atoms with van der Waals surface area (Å²) in [5.74, 6) is -1.09. The monoisotopic (exact) mass is 248 g/mol. The minimum atomic E-state index is -0.456. The van der Waals surface area contributed by atoms with Gasteiger partial charge in [-0.25, -0.2) is 0 Å². The normalized spacial score (nSPS) is 12.0. The molecule has 2 amide bonds. The Hall–Kier alpha value is -1.84. The van der Waals surface area contributed by atoms with Crippen LogP contribution in [-0.4, -0.2) is 11.8 Å². The van der Waals surface area contributed by atoms with Gasteiger partial charge in [-0.05, 0) is 31.9 Å². The third-order valence-corrected chi connectivity index (χ3v) is 2.92. The molecule has 0 bridgehead atoms. The fourth-order valence-electron chi connectivity index (χ4n) is 1.95. The molecule has 1 rings (SSSR count). The molecule has 0 fully saturated rings. The van der Waals surface area contributed by atoms with Crippen molar-refractivity contribution in [3.8, 4) is 0 Å². The van der Waals surface area contributed by atoms with Crippen molar-refractivity contribution in [1.82, 2.24) is 0 Å². The standard InChI is InChI=1S/C14H20N2O2/c1-8-5-9(2)13(10(3)6-8)16-12(17)7-11(4)14(15)18/h5-6,11H,7H2,1-4H3,(H2,15,18)(H,16,17). The summed E-state index contributed by atoms with van der Waals surface area (Å²) >= 11 is 0. The van der Waals surface area contributed by atoms with Gasteiger partial charge in [0.15, 0.2) is 0 Å².